The highest BCUT2D eigenvalue weighted by Gasteiger charge is 2.34. The van der Waals surface area contributed by atoms with E-state index in [1.54, 1.807) is 0 Å². The molecule has 4 nitrogen and oxygen atoms in total. The lowest BCUT2D eigenvalue weighted by Crippen LogP contribution is -2.39. The van der Waals surface area contributed by atoms with E-state index in [2.05, 4.69) is 58.7 Å². The van der Waals surface area contributed by atoms with Crippen LogP contribution in [0.25, 0.3) is 0 Å². The highest BCUT2D eigenvalue weighted by molar-refractivity contribution is 5.77. The van der Waals surface area contributed by atoms with Crippen LogP contribution in [-0.2, 0) is 16.0 Å². The van der Waals surface area contributed by atoms with Gasteiger partial charge in [-0.2, -0.15) is 0 Å². The van der Waals surface area contributed by atoms with Gasteiger partial charge in [0, 0.05) is 32.0 Å². The Kier molecular flexibility index (Phi) is 5.32. The number of nitrogens with one attached hydrogen (secondary N) is 1. The molecule has 2 aromatic rings. The smallest absolute Gasteiger partial charge is 0.221 e. The molecule has 1 aliphatic heterocycles. The molecule has 1 heterocycles. The molecule has 2 aromatic carbocycles. The third kappa shape index (κ3) is 3.81. The summed E-state index contributed by atoms with van der Waals surface area (Å²) in [5.41, 5.74) is 3.91. The average Bonchev–Trinajstić information content (AvgIpc) is 3.06. The SMILES string of the molecule is O=C(CCN1CCOCC1)NC1c2ccccc2CC1c1ccccc1. The van der Waals surface area contributed by atoms with Crippen molar-refractivity contribution in [3.05, 3.63) is 71.3 Å². The molecule has 1 N–H and O–H groups in total. The van der Waals surface area contributed by atoms with Crippen LogP contribution in [0.2, 0.25) is 0 Å². The number of benzene rings is 2. The lowest BCUT2D eigenvalue weighted by Gasteiger charge is -2.27. The Bertz CT molecular complexity index is 741. The molecule has 0 bridgehead atoms. The summed E-state index contributed by atoms with van der Waals surface area (Å²) in [6.45, 7) is 4.19. The van der Waals surface area contributed by atoms with Crippen LogP contribution < -0.4 is 5.32 Å². The fourth-order valence-corrected chi connectivity index (χ4v) is 4.11. The molecule has 26 heavy (non-hydrogen) atoms. The van der Waals surface area contributed by atoms with Crippen LogP contribution in [-0.4, -0.2) is 43.7 Å². The van der Waals surface area contributed by atoms with Gasteiger partial charge in [-0.05, 0) is 23.1 Å². The van der Waals surface area contributed by atoms with Crippen molar-refractivity contribution in [2.75, 3.05) is 32.8 Å². The van der Waals surface area contributed by atoms with E-state index in [9.17, 15) is 4.79 Å². The number of carbonyl (C=O) groups excluding carboxylic acids is 1. The van der Waals surface area contributed by atoms with E-state index in [1.807, 2.05) is 6.07 Å². The molecule has 1 amide bonds. The molecule has 2 atom stereocenters. The fourth-order valence-electron chi connectivity index (χ4n) is 4.11. The zero-order valence-corrected chi connectivity index (χ0v) is 15.1. The Morgan fingerprint density at radius 3 is 2.58 bits per heavy atom. The summed E-state index contributed by atoms with van der Waals surface area (Å²) < 4.78 is 5.37. The van der Waals surface area contributed by atoms with Crippen molar-refractivity contribution >= 4 is 5.91 Å². The minimum absolute atomic E-state index is 0.0609. The lowest BCUT2D eigenvalue weighted by molar-refractivity contribution is -0.122. The summed E-state index contributed by atoms with van der Waals surface area (Å²) in [6, 6.07) is 19.1. The van der Waals surface area contributed by atoms with Crippen molar-refractivity contribution in [2.45, 2.75) is 24.8 Å². The van der Waals surface area contributed by atoms with Gasteiger partial charge in [0.1, 0.15) is 0 Å². The second-order valence-electron chi connectivity index (χ2n) is 7.17. The third-order valence-electron chi connectivity index (χ3n) is 5.54. The number of hydrogen-bond donors (Lipinski definition) is 1. The Balaban J connectivity index is 1.45. The van der Waals surface area contributed by atoms with Crippen LogP contribution in [0.3, 0.4) is 0 Å². The molecule has 4 rings (SSSR count). The van der Waals surface area contributed by atoms with Gasteiger partial charge >= 0.3 is 0 Å². The van der Waals surface area contributed by atoms with Gasteiger partial charge in [0.15, 0.2) is 0 Å². The molecule has 136 valence electrons. The molecule has 4 heteroatoms. The van der Waals surface area contributed by atoms with Crippen molar-refractivity contribution in [3.8, 4) is 0 Å². The van der Waals surface area contributed by atoms with Crippen molar-refractivity contribution in [1.82, 2.24) is 10.2 Å². The second-order valence-corrected chi connectivity index (χ2v) is 7.17. The van der Waals surface area contributed by atoms with E-state index in [0.717, 1.165) is 39.3 Å². The minimum Gasteiger partial charge on any atom is -0.379 e. The zero-order valence-electron chi connectivity index (χ0n) is 15.1. The van der Waals surface area contributed by atoms with Crippen molar-refractivity contribution in [3.63, 3.8) is 0 Å². The first-order valence-electron chi connectivity index (χ1n) is 9.53. The standard InChI is InChI=1S/C22H26N2O2/c25-21(10-11-24-12-14-26-15-13-24)23-22-19-9-5-4-8-18(19)16-20(22)17-6-2-1-3-7-17/h1-9,20,22H,10-16H2,(H,23,25). The average molecular weight is 350 g/mol. The summed E-state index contributed by atoms with van der Waals surface area (Å²) in [7, 11) is 0. The molecule has 2 unspecified atom stereocenters. The summed E-state index contributed by atoms with van der Waals surface area (Å²) in [5, 5.41) is 3.33. The zero-order chi connectivity index (χ0) is 17.8. The number of morpholine rings is 1. The molecule has 0 aromatic heterocycles. The van der Waals surface area contributed by atoms with Crippen molar-refractivity contribution < 1.29 is 9.53 Å². The summed E-state index contributed by atoms with van der Waals surface area (Å²) in [5.74, 6) is 0.445. The van der Waals surface area contributed by atoms with Gasteiger partial charge < -0.3 is 10.1 Å². The van der Waals surface area contributed by atoms with E-state index in [4.69, 9.17) is 4.74 Å². The molecule has 0 spiro atoms. The maximum absolute atomic E-state index is 12.7. The van der Waals surface area contributed by atoms with E-state index in [0.29, 0.717) is 12.3 Å². The Morgan fingerprint density at radius 1 is 1.04 bits per heavy atom. The number of nitrogens with zero attached hydrogens (tertiary/aromatic N) is 1. The van der Waals surface area contributed by atoms with Crippen molar-refractivity contribution in [1.29, 1.82) is 0 Å². The Labute approximate surface area is 155 Å². The van der Waals surface area contributed by atoms with E-state index in [-0.39, 0.29) is 11.9 Å². The maximum Gasteiger partial charge on any atom is 0.221 e. The largest absolute Gasteiger partial charge is 0.379 e. The first-order chi connectivity index (χ1) is 12.8. The maximum atomic E-state index is 12.7. The van der Waals surface area contributed by atoms with Crippen LogP contribution in [0.4, 0.5) is 0 Å². The number of rotatable bonds is 5. The van der Waals surface area contributed by atoms with Crippen LogP contribution >= 0.6 is 0 Å². The molecular weight excluding hydrogens is 324 g/mol. The van der Waals surface area contributed by atoms with Gasteiger partial charge in [0.2, 0.25) is 5.91 Å². The predicted molar refractivity (Wildman–Crippen MR) is 102 cm³/mol. The van der Waals surface area contributed by atoms with Gasteiger partial charge in [-0.25, -0.2) is 0 Å². The molecular formula is C22H26N2O2. The van der Waals surface area contributed by atoms with Crippen LogP contribution in [0, 0.1) is 0 Å². The summed E-state index contributed by atoms with van der Waals surface area (Å²) >= 11 is 0. The molecule has 1 saturated heterocycles. The van der Waals surface area contributed by atoms with E-state index in [1.165, 1.54) is 16.7 Å². The van der Waals surface area contributed by atoms with Crippen LogP contribution in [0.1, 0.15) is 35.1 Å². The van der Waals surface area contributed by atoms with Gasteiger partial charge in [0.25, 0.3) is 0 Å². The topological polar surface area (TPSA) is 41.6 Å². The molecule has 1 aliphatic carbocycles. The van der Waals surface area contributed by atoms with Gasteiger partial charge in [-0.1, -0.05) is 54.6 Å². The summed E-state index contributed by atoms with van der Waals surface area (Å²) in [6.07, 6.45) is 1.52. The van der Waals surface area contributed by atoms with Gasteiger partial charge in [-0.15, -0.1) is 0 Å². The van der Waals surface area contributed by atoms with Crippen LogP contribution in [0.15, 0.2) is 54.6 Å². The number of ether oxygens (including phenoxy) is 1. The molecule has 1 fully saturated rings. The Morgan fingerprint density at radius 2 is 1.77 bits per heavy atom. The highest BCUT2D eigenvalue weighted by Crippen LogP contribution is 2.42. The number of hydrogen-bond acceptors (Lipinski definition) is 3. The van der Waals surface area contributed by atoms with Crippen molar-refractivity contribution in [2.24, 2.45) is 0 Å². The van der Waals surface area contributed by atoms with E-state index >= 15 is 0 Å². The van der Waals surface area contributed by atoms with Gasteiger partial charge in [-0.3, -0.25) is 9.69 Å². The monoisotopic (exact) mass is 350 g/mol. The highest BCUT2D eigenvalue weighted by atomic mass is 16.5. The van der Waals surface area contributed by atoms with Crippen LogP contribution in [0.5, 0.6) is 0 Å². The normalized spacial score (nSPS) is 22.8. The van der Waals surface area contributed by atoms with Gasteiger partial charge in [0.05, 0.1) is 19.3 Å². The first kappa shape index (κ1) is 17.3. The fraction of sp³-hybridized carbons (Fsp3) is 0.409. The number of fused-ring (bicyclic) bond motifs is 1. The predicted octanol–water partition coefficient (Wildman–Crippen LogP) is 2.91. The molecule has 0 saturated carbocycles. The van der Waals surface area contributed by atoms with E-state index < -0.39 is 0 Å². The Hall–Kier alpha value is -2.17. The minimum atomic E-state index is 0.0609. The molecule has 0 radical (unpaired) electrons. The second kappa shape index (κ2) is 8.02. The molecule has 2 aliphatic rings. The number of carbonyl (C=O) groups is 1. The summed E-state index contributed by atoms with van der Waals surface area (Å²) in [4.78, 5) is 15.0. The third-order valence-corrected chi connectivity index (χ3v) is 5.54. The lowest BCUT2D eigenvalue weighted by atomic mass is 9.92. The quantitative estimate of drug-likeness (QED) is 0.901. The first-order valence-corrected chi connectivity index (χ1v) is 9.53. The number of amides is 1.